The zero-order valence-corrected chi connectivity index (χ0v) is 14.5. The Bertz CT molecular complexity index is 950. The highest BCUT2D eigenvalue weighted by atomic mass is 32.2. The first-order chi connectivity index (χ1) is 11.8. The van der Waals surface area contributed by atoms with Gasteiger partial charge in [0.05, 0.1) is 15.4 Å². The minimum Gasteiger partial charge on any atom is -0.258 e. The third-order valence-electron chi connectivity index (χ3n) is 3.38. The van der Waals surface area contributed by atoms with Crippen molar-refractivity contribution in [3.63, 3.8) is 0 Å². The number of benzene rings is 2. The maximum Gasteiger partial charge on any atom is 0.276 e. The van der Waals surface area contributed by atoms with Gasteiger partial charge in [0.1, 0.15) is 0 Å². The van der Waals surface area contributed by atoms with Crippen molar-refractivity contribution in [3.8, 4) is 0 Å². The lowest BCUT2D eigenvalue weighted by molar-refractivity contribution is -0.385. The molecular formula is C17H17N3O4S. The van der Waals surface area contributed by atoms with Crippen LogP contribution in [0.25, 0.3) is 6.08 Å². The first kappa shape index (κ1) is 18.3. The van der Waals surface area contributed by atoms with Crippen LogP contribution in [0.1, 0.15) is 16.7 Å². The number of hydrogen-bond donors (Lipinski definition) is 1. The van der Waals surface area contributed by atoms with Crippen LogP contribution >= 0.6 is 0 Å². The lowest BCUT2D eigenvalue weighted by Gasteiger charge is -2.07. The Morgan fingerprint density at radius 3 is 2.60 bits per heavy atom. The molecule has 0 radical (unpaired) electrons. The van der Waals surface area contributed by atoms with E-state index in [1.54, 1.807) is 44.2 Å². The van der Waals surface area contributed by atoms with Crippen LogP contribution in [0.5, 0.6) is 0 Å². The van der Waals surface area contributed by atoms with Crippen LogP contribution in [0.2, 0.25) is 0 Å². The average Bonchev–Trinajstić information content (AvgIpc) is 2.56. The number of allylic oxidation sites excluding steroid dienone is 1. The van der Waals surface area contributed by atoms with E-state index < -0.39 is 14.9 Å². The quantitative estimate of drug-likeness (QED) is 0.486. The molecule has 130 valence electrons. The zero-order chi connectivity index (χ0) is 18.4. The van der Waals surface area contributed by atoms with E-state index in [-0.39, 0.29) is 10.6 Å². The van der Waals surface area contributed by atoms with Gasteiger partial charge in [-0.1, -0.05) is 24.3 Å². The molecule has 8 heteroatoms. The molecule has 0 atom stereocenters. The number of nitro benzene ring substituents is 1. The lowest BCUT2D eigenvalue weighted by Crippen LogP contribution is -2.19. The molecule has 2 aromatic rings. The molecule has 0 fully saturated rings. The third kappa shape index (κ3) is 4.74. The summed E-state index contributed by atoms with van der Waals surface area (Å²) in [7, 11) is -3.77. The molecule has 2 aromatic carbocycles. The van der Waals surface area contributed by atoms with Crippen molar-refractivity contribution < 1.29 is 13.3 Å². The second-order valence-electron chi connectivity index (χ2n) is 5.32. The van der Waals surface area contributed by atoms with Gasteiger partial charge in [0.15, 0.2) is 0 Å². The highest BCUT2D eigenvalue weighted by Crippen LogP contribution is 2.19. The number of nitro groups is 1. The van der Waals surface area contributed by atoms with Gasteiger partial charge in [-0.25, -0.2) is 4.83 Å². The molecule has 0 aliphatic carbocycles. The molecule has 0 aromatic heterocycles. The summed E-state index contributed by atoms with van der Waals surface area (Å²) in [5, 5.41) is 14.6. The molecule has 0 aliphatic heterocycles. The van der Waals surface area contributed by atoms with Gasteiger partial charge in [0.25, 0.3) is 15.7 Å². The fourth-order valence-corrected chi connectivity index (χ4v) is 3.26. The van der Waals surface area contributed by atoms with Gasteiger partial charge in [-0.2, -0.15) is 13.5 Å². The van der Waals surface area contributed by atoms with E-state index in [1.165, 1.54) is 24.4 Å². The smallest absolute Gasteiger partial charge is 0.258 e. The van der Waals surface area contributed by atoms with E-state index in [0.717, 1.165) is 5.56 Å². The Kier molecular flexibility index (Phi) is 5.66. The minimum absolute atomic E-state index is 0.0388. The molecule has 25 heavy (non-hydrogen) atoms. The van der Waals surface area contributed by atoms with E-state index in [2.05, 4.69) is 9.93 Å². The maximum atomic E-state index is 12.2. The first-order valence-electron chi connectivity index (χ1n) is 7.33. The van der Waals surface area contributed by atoms with Gasteiger partial charge in [-0.3, -0.25) is 10.1 Å². The topological polar surface area (TPSA) is 102 Å². The molecule has 0 bridgehead atoms. The van der Waals surface area contributed by atoms with Crippen LogP contribution in [-0.4, -0.2) is 19.6 Å². The summed E-state index contributed by atoms with van der Waals surface area (Å²) in [6, 6.07) is 11.3. The van der Waals surface area contributed by atoms with Gasteiger partial charge in [0.2, 0.25) is 0 Å². The summed E-state index contributed by atoms with van der Waals surface area (Å²) < 4.78 is 24.5. The summed E-state index contributed by atoms with van der Waals surface area (Å²) in [4.78, 5) is 12.7. The first-order valence-corrected chi connectivity index (χ1v) is 8.82. The Morgan fingerprint density at radius 2 is 1.88 bits per heavy atom. The maximum absolute atomic E-state index is 12.2. The van der Waals surface area contributed by atoms with Gasteiger partial charge in [-0.15, -0.1) is 0 Å². The van der Waals surface area contributed by atoms with E-state index in [1.807, 2.05) is 6.07 Å². The van der Waals surface area contributed by atoms with Crippen LogP contribution in [0.4, 0.5) is 5.69 Å². The van der Waals surface area contributed by atoms with Crippen molar-refractivity contribution in [1.82, 2.24) is 4.83 Å². The number of nitrogens with one attached hydrogen (secondary N) is 1. The van der Waals surface area contributed by atoms with Crippen LogP contribution < -0.4 is 4.83 Å². The Hall–Kier alpha value is -3.00. The van der Waals surface area contributed by atoms with Crippen molar-refractivity contribution in [2.24, 2.45) is 5.10 Å². The number of rotatable bonds is 6. The Labute approximate surface area is 145 Å². The Balaban J connectivity index is 2.11. The lowest BCUT2D eigenvalue weighted by atomic mass is 10.2. The summed E-state index contributed by atoms with van der Waals surface area (Å²) in [6.07, 6.45) is 4.13. The molecule has 7 nitrogen and oxygen atoms in total. The van der Waals surface area contributed by atoms with Crippen LogP contribution in [0.3, 0.4) is 0 Å². The molecule has 0 heterocycles. The predicted molar refractivity (Wildman–Crippen MR) is 96.9 cm³/mol. The number of para-hydroxylation sites is 1. The highest BCUT2D eigenvalue weighted by molar-refractivity contribution is 7.89. The number of sulfonamides is 1. The number of aryl methyl sites for hydroxylation is 2. The molecule has 0 saturated carbocycles. The molecule has 0 saturated heterocycles. The standard InChI is InChI=1S/C17H17N3O4S/c1-13-9-10-14(2)17(12-13)25(23,24)19-18-11-5-7-15-6-3-4-8-16(15)20(21)22/h3-12,19H,1-2H3/b7-5+,18-11+. The van der Waals surface area contributed by atoms with Crippen molar-refractivity contribution in [2.45, 2.75) is 18.7 Å². The predicted octanol–water partition coefficient (Wildman–Crippen LogP) is 3.19. The number of nitrogens with zero attached hydrogens (tertiary/aromatic N) is 2. The minimum atomic E-state index is -3.77. The highest BCUT2D eigenvalue weighted by Gasteiger charge is 2.15. The largest absolute Gasteiger partial charge is 0.276 e. The fourth-order valence-electron chi connectivity index (χ4n) is 2.13. The van der Waals surface area contributed by atoms with Gasteiger partial charge >= 0.3 is 0 Å². The summed E-state index contributed by atoms with van der Waals surface area (Å²) >= 11 is 0. The molecule has 2 rings (SSSR count). The third-order valence-corrected chi connectivity index (χ3v) is 4.74. The fraction of sp³-hybridized carbons (Fsp3) is 0.118. The normalized spacial score (nSPS) is 11.9. The summed E-state index contributed by atoms with van der Waals surface area (Å²) in [5.74, 6) is 0. The van der Waals surface area contributed by atoms with Crippen molar-refractivity contribution >= 4 is 28.0 Å². The van der Waals surface area contributed by atoms with E-state index in [9.17, 15) is 18.5 Å². The van der Waals surface area contributed by atoms with Gasteiger partial charge in [0, 0.05) is 12.3 Å². The zero-order valence-electron chi connectivity index (χ0n) is 13.7. The van der Waals surface area contributed by atoms with Crippen molar-refractivity contribution in [3.05, 3.63) is 75.3 Å². The van der Waals surface area contributed by atoms with E-state index in [0.29, 0.717) is 11.1 Å². The van der Waals surface area contributed by atoms with Crippen molar-refractivity contribution in [1.29, 1.82) is 0 Å². The molecule has 0 aliphatic rings. The van der Waals surface area contributed by atoms with E-state index >= 15 is 0 Å². The second-order valence-corrected chi connectivity index (χ2v) is 6.95. The monoisotopic (exact) mass is 359 g/mol. The van der Waals surface area contributed by atoms with Crippen LogP contribution in [-0.2, 0) is 10.0 Å². The number of hydrazone groups is 1. The molecule has 1 N–H and O–H groups in total. The second kappa shape index (κ2) is 7.71. The summed E-state index contributed by atoms with van der Waals surface area (Å²) in [5.41, 5.74) is 1.80. The molecular weight excluding hydrogens is 342 g/mol. The van der Waals surface area contributed by atoms with Gasteiger partial charge < -0.3 is 0 Å². The Morgan fingerprint density at radius 1 is 1.16 bits per heavy atom. The van der Waals surface area contributed by atoms with Crippen molar-refractivity contribution in [2.75, 3.05) is 0 Å². The molecule has 0 unspecified atom stereocenters. The van der Waals surface area contributed by atoms with E-state index in [4.69, 9.17) is 0 Å². The SMILES string of the molecule is Cc1ccc(C)c(S(=O)(=O)N/N=C/C=C/c2ccccc2[N+](=O)[O-])c1. The number of hydrogen-bond acceptors (Lipinski definition) is 5. The molecule has 0 amide bonds. The van der Waals surface area contributed by atoms with Crippen LogP contribution in [0, 0.1) is 24.0 Å². The van der Waals surface area contributed by atoms with Crippen LogP contribution in [0.15, 0.2) is 58.5 Å². The summed E-state index contributed by atoms with van der Waals surface area (Å²) in [6.45, 7) is 3.50. The molecule has 0 spiro atoms. The van der Waals surface area contributed by atoms with Gasteiger partial charge in [-0.05, 0) is 49.3 Å². The average molecular weight is 359 g/mol.